The van der Waals surface area contributed by atoms with Gasteiger partial charge in [-0.15, -0.1) is 0 Å². The van der Waals surface area contributed by atoms with Gasteiger partial charge in [0, 0.05) is 27.2 Å². The summed E-state index contributed by atoms with van der Waals surface area (Å²) in [5, 5.41) is 0. The lowest BCUT2D eigenvalue weighted by Gasteiger charge is -2.31. The number of nitrogens with zero attached hydrogens (tertiary/aromatic N) is 5. The average Bonchev–Trinajstić information content (AvgIpc) is 3.17. The number of carbonyl (C=O) groups is 1. The van der Waals surface area contributed by atoms with Crippen molar-refractivity contribution in [2.45, 2.75) is 25.3 Å². The van der Waals surface area contributed by atoms with Crippen LogP contribution in [-0.2, 0) is 18.9 Å². The number of imidazole rings is 1. The molecule has 3 aromatic rings. The highest BCUT2D eigenvalue weighted by Crippen LogP contribution is 2.25. The molecule has 3 heterocycles. The van der Waals surface area contributed by atoms with Gasteiger partial charge in [0.05, 0.1) is 6.33 Å². The molecule has 28 heavy (non-hydrogen) atoms. The number of aromatic nitrogens is 4. The van der Waals surface area contributed by atoms with E-state index in [9.17, 15) is 14.4 Å². The summed E-state index contributed by atoms with van der Waals surface area (Å²) >= 11 is 0. The van der Waals surface area contributed by atoms with Crippen molar-refractivity contribution in [3.05, 3.63) is 63.1 Å². The molecule has 4 rings (SSSR count). The van der Waals surface area contributed by atoms with Crippen molar-refractivity contribution in [1.82, 2.24) is 23.6 Å². The maximum Gasteiger partial charge on any atom is 0.332 e. The Morgan fingerprint density at radius 2 is 1.68 bits per heavy atom. The van der Waals surface area contributed by atoms with Crippen LogP contribution in [-0.4, -0.2) is 42.6 Å². The minimum absolute atomic E-state index is 0.0545. The fourth-order valence-corrected chi connectivity index (χ4v) is 3.90. The molecule has 0 radical (unpaired) electrons. The second-order valence-corrected chi connectivity index (χ2v) is 7.23. The first-order valence-corrected chi connectivity index (χ1v) is 9.47. The van der Waals surface area contributed by atoms with Crippen molar-refractivity contribution >= 4 is 17.1 Å². The predicted molar refractivity (Wildman–Crippen MR) is 105 cm³/mol. The molecule has 1 saturated heterocycles. The summed E-state index contributed by atoms with van der Waals surface area (Å²) in [4.78, 5) is 44.8. The van der Waals surface area contributed by atoms with E-state index in [1.54, 1.807) is 11.6 Å². The average molecular weight is 381 g/mol. The van der Waals surface area contributed by atoms with E-state index in [4.69, 9.17) is 0 Å². The zero-order chi connectivity index (χ0) is 19.8. The van der Waals surface area contributed by atoms with Crippen molar-refractivity contribution in [1.29, 1.82) is 0 Å². The fourth-order valence-electron chi connectivity index (χ4n) is 3.90. The summed E-state index contributed by atoms with van der Waals surface area (Å²) < 4.78 is 4.00. The van der Waals surface area contributed by atoms with E-state index >= 15 is 0 Å². The third kappa shape index (κ3) is 2.85. The molecule has 1 amide bonds. The van der Waals surface area contributed by atoms with E-state index in [2.05, 4.69) is 4.98 Å². The number of benzene rings is 1. The van der Waals surface area contributed by atoms with E-state index < -0.39 is 17.3 Å². The molecular formula is C20H23N5O3. The smallest absolute Gasteiger partial charge is 0.332 e. The number of piperidine rings is 1. The Morgan fingerprint density at radius 1 is 1.00 bits per heavy atom. The van der Waals surface area contributed by atoms with Gasteiger partial charge in [-0.1, -0.05) is 30.3 Å². The molecule has 1 atom stereocenters. The Morgan fingerprint density at radius 3 is 2.36 bits per heavy atom. The first-order chi connectivity index (χ1) is 13.5. The summed E-state index contributed by atoms with van der Waals surface area (Å²) in [5.41, 5.74) is 0.418. The zero-order valence-electron chi connectivity index (χ0n) is 16.0. The van der Waals surface area contributed by atoms with Crippen LogP contribution in [0.15, 0.2) is 46.2 Å². The second kappa shape index (κ2) is 7.10. The maximum atomic E-state index is 13.5. The van der Waals surface area contributed by atoms with E-state index in [0.717, 1.165) is 29.4 Å². The summed E-state index contributed by atoms with van der Waals surface area (Å²) in [6.45, 7) is 1.43. The molecule has 146 valence electrons. The van der Waals surface area contributed by atoms with Crippen LogP contribution in [0.5, 0.6) is 0 Å². The highest BCUT2D eigenvalue weighted by molar-refractivity contribution is 5.86. The molecule has 1 fully saturated rings. The molecule has 1 aliphatic heterocycles. The Hall–Kier alpha value is -3.16. The molecule has 0 bridgehead atoms. The lowest BCUT2D eigenvalue weighted by Crippen LogP contribution is -2.42. The highest BCUT2D eigenvalue weighted by atomic mass is 16.2. The van der Waals surface area contributed by atoms with Crippen LogP contribution >= 0.6 is 0 Å². The molecule has 8 heteroatoms. The number of aryl methyl sites for hydroxylation is 1. The van der Waals surface area contributed by atoms with E-state index in [0.29, 0.717) is 13.1 Å². The van der Waals surface area contributed by atoms with Gasteiger partial charge in [-0.3, -0.25) is 18.7 Å². The van der Waals surface area contributed by atoms with Gasteiger partial charge in [0.1, 0.15) is 6.04 Å². The van der Waals surface area contributed by atoms with Gasteiger partial charge < -0.3 is 9.47 Å². The van der Waals surface area contributed by atoms with Crippen LogP contribution in [0.2, 0.25) is 0 Å². The Kier molecular flexibility index (Phi) is 4.62. The monoisotopic (exact) mass is 381 g/mol. The minimum Gasteiger partial charge on any atom is -0.341 e. The summed E-state index contributed by atoms with van der Waals surface area (Å²) in [7, 11) is 3.01. The maximum absolute atomic E-state index is 13.5. The largest absolute Gasteiger partial charge is 0.341 e. The third-order valence-corrected chi connectivity index (χ3v) is 5.47. The van der Waals surface area contributed by atoms with E-state index in [-0.39, 0.29) is 17.1 Å². The third-order valence-electron chi connectivity index (χ3n) is 5.47. The van der Waals surface area contributed by atoms with Crippen molar-refractivity contribution in [3.8, 4) is 0 Å². The quantitative estimate of drug-likeness (QED) is 0.679. The van der Waals surface area contributed by atoms with Crippen molar-refractivity contribution < 1.29 is 4.79 Å². The molecule has 1 aromatic carbocycles. The molecule has 2 aromatic heterocycles. The fraction of sp³-hybridized carbons (Fsp3) is 0.400. The van der Waals surface area contributed by atoms with Gasteiger partial charge in [0.15, 0.2) is 11.2 Å². The Balaban J connectivity index is 1.94. The number of hydrogen-bond donors (Lipinski definition) is 0. The second-order valence-electron chi connectivity index (χ2n) is 7.23. The minimum atomic E-state index is -0.700. The number of amides is 1. The topological polar surface area (TPSA) is 82.1 Å². The first-order valence-electron chi connectivity index (χ1n) is 9.47. The van der Waals surface area contributed by atoms with Gasteiger partial charge in [-0.05, 0) is 24.8 Å². The first kappa shape index (κ1) is 18.2. The predicted octanol–water partition coefficient (Wildman–Crippen LogP) is 1.04. The zero-order valence-corrected chi connectivity index (χ0v) is 16.0. The highest BCUT2D eigenvalue weighted by Gasteiger charge is 2.31. The van der Waals surface area contributed by atoms with E-state index in [1.807, 2.05) is 35.2 Å². The summed E-state index contributed by atoms with van der Waals surface area (Å²) in [6, 6.07) is 8.70. The number of hydrogen-bond acceptors (Lipinski definition) is 4. The molecule has 8 nitrogen and oxygen atoms in total. The molecular weight excluding hydrogens is 358 g/mol. The van der Waals surface area contributed by atoms with Crippen LogP contribution < -0.4 is 11.2 Å². The lowest BCUT2D eigenvalue weighted by molar-refractivity contribution is -0.134. The normalized spacial score (nSPS) is 15.7. The standard InChI is InChI=1S/C20H23N5O3/c1-22-17-16(18(26)23(2)20(22)28)25(13-21-17)15(14-9-5-3-6-10-14)19(27)24-11-7-4-8-12-24/h3,5-6,9-10,13,15H,4,7-8,11-12H2,1-2H3/t15-/m1/s1. The number of carbonyl (C=O) groups excluding carboxylic acids is 1. The Labute approximate surface area is 161 Å². The number of fused-ring (bicyclic) bond motifs is 1. The SMILES string of the molecule is Cn1c(=O)c2c(ncn2[C@@H](C(=O)N2CCCCC2)c2ccccc2)n(C)c1=O. The molecule has 0 aliphatic carbocycles. The van der Waals surface area contributed by atoms with Crippen LogP contribution in [0.3, 0.4) is 0 Å². The van der Waals surface area contributed by atoms with Gasteiger partial charge >= 0.3 is 5.69 Å². The van der Waals surface area contributed by atoms with Crippen LogP contribution in [0, 0.1) is 0 Å². The van der Waals surface area contributed by atoms with Gasteiger partial charge in [0.25, 0.3) is 5.56 Å². The molecule has 0 unspecified atom stereocenters. The van der Waals surface area contributed by atoms with Gasteiger partial charge in [-0.2, -0.15) is 0 Å². The number of likely N-dealkylation sites (tertiary alicyclic amines) is 1. The van der Waals surface area contributed by atoms with Crippen LogP contribution in [0.25, 0.3) is 11.2 Å². The Bertz CT molecular complexity index is 1140. The van der Waals surface area contributed by atoms with Crippen molar-refractivity contribution in [2.75, 3.05) is 13.1 Å². The molecule has 1 aliphatic rings. The van der Waals surface area contributed by atoms with Crippen molar-refractivity contribution in [2.24, 2.45) is 14.1 Å². The lowest BCUT2D eigenvalue weighted by atomic mass is 10.0. The van der Waals surface area contributed by atoms with Crippen molar-refractivity contribution in [3.63, 3.8) is 0 Å². The van der Waals surface area contributed by atoms with E-state index in [1.165, 1.54) is 17.9 Å². The number of rotatable bonds is 3. The van der Waals surface area contributed by atoms with Gasteiger partial charge in [0.2, 0.25) is 5.91 Å². The molecule has 0 spiro atoms. The van der Waals surface area contributed by atoms with Gasteiger partial charge in [-0.25, -0.2) is 9.78 Å². The van der Waals surface area contributed by atoms with Crippen LogP contribution in [0.4, 0.5) is 0 Å². The molecule has 0 saturated carbocycles. The summed E-state index contributed by atoms with van der Waals surface area (Å²) in [5.74, 6) is -0.0545. The molecule has 0 N–H and O–H groups in total. The summed E-state index contributed by atoms with van der Waals surface area (Å²) in [6.07, 6.45) is 4.57. The van der Waals surface area contributed by atoms with Crippen LogP contribution in [0.1, 0.15) is 30.9 Å².